The number of carbonyl (C=O) groups excluding carboxylic acids is 8. The Labute approximate surface area is 481 Å². The fourth-order valence-electron chi connectivity index (χ4n) is 9.84. The van der Waals surface area contributed by atoms with E-state index in [-0.39, 0.29) is 133 Å². The largest absolute Gasteiger partial charge is 0.388 e. The van der Waals surface area contributed by atoms with Gasteiger partial charge in [-0.15, -0.1) is 0 Å². The van der Waals surface area contributed by atoms with Crippen LogP contribution < -0.4 is 37.2 Å². The lowest BCUT2D eigenvalue weighted by atomic mass is 9.88. The summed E-state index contributed by atoms with van der Waals surface area (Å²) in [6.07, 6.45) is 6.65. The van der Waals surface area contributed by atoms with Crippen LogP contribution in [0.4, 0.5) is 0 Å². The molecule has 0 unspecified atom stereocenters. The van der Waals surface area contributed by atoms with E-state index in [1.165, 1.54) is 13.8 Å². The molecule has 0 aromatic heterocycles. The Bertz CT molecular complexity index is 1830. The molecule has 0 spiro atoms. The van der Waals surface area contributed by atoms with Crippen LogP contribution in [0, 0.1) is 0 Å². The van der Waals surface area contributed by atoms with Crippen molar-refractivity contribution in [3.63, 3.8) is 0 Å². The van der Waals surface area contributed by atoms with E-state index in [0.717, 1.165) is 57.7 Å². The SMILES string of the molecule is CC(=O)N[C@H]1[C@H]2OC[C@](COCCCCC(=O)NCCCNC(=O)CCOCC(COCCC(=O)NCCCNC(=O)CCCCOC[C@@]34CO[C@@H](O3)[C@H](NC(C)=O)[C@@H](O)[C@H]4O)NC(=O)CCCCCCCCCCC=O)(O2)[C@H](O)[C@@H]1O. The average Bonchev–Trinajstić information content (AvgIpc) is 3.42. The quantitative estimate of drug-likeness (QED) is 0.0249. The van der Waals surface area contributed by atoms with Crippen molar-refractivity contribution >= 4 is 47.6 Å². The van der Waals surface area contributed by atoms with Crippen molar-refractivity contribution in [2.45, 2.75) is 209 Å². The molecular weight excluding hydrogens is 1080 g/mol. The van der Waals surface area contributed by atoms with Gasteiger partial charge < -0.3 is 100 Å². The van der Waals surface area contributed by atoms with Gasteiger partial charge in [-0.25, -0.2) is 0 Å². The molecule has 0 aromatic carbocycles. The average molecular weight is 1170 g/mol. The number of carbonyl (C=O) groups is 8. The van der Waals surface area contributed by atoms with Gasteiger partial charge >= 0.3 is 0 Å². The molecule has 0 radical (unpaired) electrons. The van der Waals surface area contributed by atoms with Crippen molar-refractivity contribution in [1.29, 1.82) is 0 Å². The van der Waals surface area contributed by atoms with Gasteiger partial charge in [-0.05, 0) is 51.4 Å². The highest BCUT2D eigenvalue weighted by Gasteiger charge is 2.61. The molecule has 4 aliphatic heterocycles. The number of fused-ring (bicyclic) bond motifs is 4. The Morgan fingerprint density at radius 1 is 0.488 bits per heavy atom. The molecule has 82 heavy (non-hydrogen) atoms. The molecule has 4 aliphatic rings. The predicted octanol–water partition coefficient (Wildman–Crippen LogP) is -1.29. The smallest absolute Gasteiger partial charge is 0.222 e. The second-order valence-corrected chi connectivity index (χ2v) is 21.6. The molecule has 4 rings (SSSR count). The zero-order chi connectivity index (χ0) is 59.6. The summed E-state index contributed by atoms with van der Waals surface area (Å²) in [5.74, 6) is -1.69. The standard InChI is InChI=1S/C55H95N7O20/c1-38(64)60-46-48(71)50(73)54(36-79-52(46)81-54)34-77-28-14-11-18-41(66)56-23-16-25-58-43(68)21-30-75-32-40(62-45(70)20-10-8-6-4-3-5-7-9-13-27-63)33-76-31-22-44(69)59-26-17-24-57-42(67)19-12-15-29-78-35-55-37-80-53(82-55)47(61-39(2)65)49(72)51(55)74/h27,40,46-53,71-74H,3-26,28-37H2,1-2H3,(H,56,66)(H,57,67)(H,58,68)(H,59,69)(H,60,64)(H,61,65)(H,62,70)/t46-,47-,48-,49-,50-,51-,52+,53+,54+,55+/m1/s1. The third-order valence-electron chi connectivity index (χ3n) is 14.5. The van der Waals surface area contributed by atoms with Crippen molar-refractivity contribution in [3.8, 4) is 0 Å². The lowest BCUT2D eigenvalue weighted by Crippen LogP contribution is -2.66. The van der Waals surface area contributed by atoms with E-state index in [1.54, 1.807) is 0 Å². The molecule has 4 heterocycles. The van der Waals surface area contributed by atoms with Gasteiger partial charge in [-0.3, -0.25) is 33.6 Å². The molecule has 470 valence electrons. The zero-order valence-electron chi connectivity index (χ0n) is 48.1. The normalized spacial score (nSPS) is 25.6. The molecule has 4 bridgehead atoms. The van der Waals surface area contributed by atoms with Crippen LogP contribution in [0.25, 0.3) is 0 Å². The van der Waals surface area contributed by atoms with Crippen LogP contribution in [0.5, 0.6) is 0 Å². The Hall–Kier alpha value is -4.52. The number of aliphatic hydroxyl groups is 4. The number of amides is 7. The van der Waals surface area contributed by atoms with Gasteiger partial charge in [0, 0.05) is 91.8 Å². The Balaban J connectivity index is 1.01. The van der Waals surface area contributed by atoms with Gasteiger partial charge in [0.25, 0.3) is 0 Å². The van der Waals surface area contributed by atoms with Gasteiger partial charge in [0.05, 0.1) is 58.9 Å². The summed E-state index contributed by atoms with van der Waals surface area (Å²) in [7, 11) is 0. The van der Waals surface area contributed by atoms with Gasteiger partial charge in [0.1, 0.15) is 54.0 Å². The fourth-order valence-corrected chi connectivity index (χ4v) is 9.84. The Morgan fingerprint density at radius 2 is 0.866 bits per heavy atom. The van der Waals surface area contributed by atoms with Crippen molar-refractivity contribution in [2.75, 3.05) is 92.2 Å². The second-order valence-electron chi connectivity index (χ2n) is 21.6. The second kappa shape index (κ2) is 39.2. The fraction of sp³-hybridized carbons (Fsp3) is 0.855. The van der Waals surface area contributed by atoms with Gasteiger partial charge in [0.2, 0.25) is 41.4 Å². The number of hydrogen-bond donors (Lipinski definition) is 11. The van der Waals surface area contributed by atoms with Crippen molar-refractivity contribution < 1.29 is 96.7 Å². The van der Waals surface area contributed by atoms with Crippen LogP contribution in [0.2, 0.25) is 0 Å². The summed E-state index contributed by atoms with van der Waals surface area (Å²) >= 11 is 0. The first-order valence-electron chi connectivity index (χ1n) is 29.4. The molecule has 0 aromatic rings. The lowest BCUT2D eigenvalue weighted by molar-refractivity contribution is -0.237. The maximum Gasteiger partial charge on any atom is 0.222 e. The van der Waals surface area contributed by atoms with E-state index in [4.69, 9.17) is 37.9 Å². The van der Waals surface area contributed by atoms with Crippen molar-refractivity contribution in [1.82, 2.24) is 37.2 Å². The molecule has 11 N–H and O–H groups in total. The Morgan fingerprint density at radius 3 is 1.28 bits per heavy atom. The van der Waals surface area contributed by atoms with E-state index < -0.39 is 66.3 Å². The molecule has 4 saturated heterocycles. The first-order chi connectivity index (χ1) is 39.5. The summed E-state index contributed by atoms with van der Waals surface area (Å²) < 4.78 is 45.8. The van der Waals surface area contributed by atoms with E-state index in [9.17, 15) is 58.8 Å². The van der Waals surface area contributed by atoms with Crippen molar-refractivity contribution in [3.05, 3.63) is 0 Å². The number of aliphatic hydroxyl groups excluding tert-OH is 4. The summed E-state index contributed by atoms with van der Waals surface area (Å²) in [5, 5.41) is 61.8. The molecule has 0 saturated carbocycles. The molecular formula is C55H95N7O20. The highest BCUT2D eigenvalue weighted by Crippen LogP contribution is 2.38. The third-order valence-corrected chi connectivity index (χ3v) is 14.5. The molecule has 0 aliphatic carbocycles. The minimum atomic E-state index is -1.33. The summed E-state index contributed by atoms with van der Waals surface area (Å²) in [4.78, 5) is 96.2. The van der Waals surface area contributed by atoms with E-state index in [0.29, 0.717) is 77.5 Å². The first-order valence-corrected chi connectivity index (χ1v) is 29.4. The minimum Gasteiger partial charge on any atom is -0.388 e. The monoisotopic (exact) mass is 1170 g/mol. The number of rotatable bonds is 46. The zero-order valence-corrected chi connectivity index (χ0v) is 48.1. The first kappa shape index (κ1) is 70.0. The van der Waals surface area contributed by atoms with Crippen LogP contribution in [0.15, 0.2) is 0 Å². The maximum atomic E-state index is 12.9. The van der Waals surface area contributed by atoms with Crippen LogP contribution in [-0.2, 0) is 76.3 Å². The molecule has 27 heteroatoms. The third kappa shape index (κ3) is 25.8. The maximum absolute atomic E-state index is 12.9. The van der Waals surface area contributed by atoms with Gasteiger partial charge in [-0.2, -0.15) is 0 Å². The number of nitrogens with one attached hydrogen (secondary N) is 7. The Kier molecular flexibility index (Phi) is 33.4. The van der Waals surface area contributed by atoms with Crippen LogP contribution in [0.3, 0.4) is 0 Å². The lowest BCUT2D eigenvalue weighted by Gasteiger charge is -2.42. The highest BCUT2D eigenvalue weighted by atomic mass is 16.8. The highest BCUT2D eigenvalue weighted by molar-refractivity contribution is 5.78. The predicted molar refractivity (Wildman–Crippen MR) is 292 cm³/mol. The van der Waals surface area contributed by atoms with Crippen molar-refractivity contribution in [2.24, 2.45) is 0 Å². The molecule has 4 fully saturated rings. The molecule has 7 amide bonds. The van der Waals surface area contributed by atoms with Gasteiger partial charge in [0.15, 0.2) is 12.6 Å². The molecule has 27 nitrogen and oxygen atoms in total. The number of unbranched alkanes of at least 4 members (excludes halogenated alkanes) is 10. The number of hydrogen-bond acceptors (Lipinski definition) is 20. The minimum absolute atomic E-state index is 0.00698. The number of aldehydes is 1. The topological polar surface area (TPSA) is 376 Å². The summed E-state index contributed by atoms with van der Waals surface area (Å²) in [6, 6.07) is -2.32. The van der Waals surface area contributed by atoms with Crippen LogP contribution in [0.1, 0.15) is 142 Å². The van der Waals surface area contributed by atoms with Crippen LogP contribution in [-0.4, -0.2) is 227 Å². The van der Waals surface area contributed by atoms with Crippen LogP contribution >= 0.6 is 0 Å². The summed E-state index contributed by atoms with van der Waals surface area (Å²) in [5.41, 5.74) is -2.51. The van der Waals surface area contributed by atoms with Gasteiger partial charge in [-0.1, -0.05) is 38.5 Å². The molecule has 10 atom stereocenters. The van der Waals surface area contributed by atoms with E-state index >= 15 is 0 Å². The summed E-state index contributed by atoms with van der Waals surface area (Å²) in [6.45, 7) is 4.84. The van der Waals surface area contributed by atoms with E-state index in [2.05, 4.69) is 37.2 Å². The number of ether oxygens (including phenoxy) is 8. The van der Waals surface area contributed by atoms with E-state index in [1.807, 2.05) is 0 Å².